The molecule has 0 unspecified atom stereocenters. The minimum atomic E-state index is 0.233. The average Bonchev–Trinajstić information content (AvgIpc) is 2.65. The highest BCUT2D eigenvalue weighted by Crippen LogP contribution is 2.19. The standard InChI is InChI=1S/C14H24N4O/c1-12-3-4-13(11-15)14(16-12)18-6-2-5-17(7-8-18)9-10-19/h3-4,19H,2,5-11,15H2,1H3. The van der Waals surface area contributed by atoms with E-state index in [4.69, 9.17) is 10.8 Å². The van der Waals surface area contributed by atoms with E-state index in [1.165, 1.54) is 0 Å². The molecule has 19 heavy (non-hydrogen) atoms. The van der Waals surface area contributed by atoms with Crippen molar-refractivity contribution in [1.29, 1.82) is 0 Å². The second-order valence-corrected chi connectivity index (χ2v) is 5.05. The Hall–Kier alpha value is -1.17. The molecule has 0 atom stereocenters. The molecule has 2 heterocycles. The number of β-amino-alcohol motifs (C(OH)–C–C–N with tert-alkyl or cyclic N) is 1. The number of nitrogens with two attached hydrogens (primary N) is 1. The number of rotatable bonds is 4. The molecule has 1 aliphatic heterocycles. The maximum Gasteiger partial charge on any atom is 0.133 e. The molecule has 3 N–H and O–H groups in total. The summed E-state index contributed by atoms with van der Waals surface area (Å²) in [5, 5.41) is 9.03. The fourth-order valence-electron chi connectivity index (χ4n) is 2.55. The molecule has 0 radical (unpaired) electrons. The molecule has 0 bridgehead atoms. The summed E-state index contributed by atoms with van der Waals surface area (Å²) < 4.78 is 0. The number of aliphatic hydroxyl groups excluding tert-OH is 1. The fourth-order valence-corrected chi connectivity index (χ4v) is 2.55. The van der Waals surface area contributed by atoms with Crippen LogP contribution in [0.4, 0.5) is 5.82 Å². The minimum Gasteiger partial charge on any atom is -0.395 e. The van der Waals surface area contributed by atoms with Gasteiger partial charge in [-0.05, 0) is 26.0 Å². The van der Waals surface area contributed by atoms with Gasteiger partial charge in [-0.2, -0.15) is 0 Å². The van der Waals surface area contributed by atoms with Gasteiger partial charge >= 0.3 is 0 Å². The Morgan fingerprint density at radius 3 is 2.84 bits per heavy atom. The number of aliphatic hydroxyl groups is 1. The molecular formula is C14H24N4O. The Labute approximate surface area is 115 Å². The Balaban J connectivity index is 2.11. The molecule has 1 fully saturated rings. The second kappa shape index (κ2) is 6.84. The molecule has 1 aromatic rings. The lowest BCUT2D eigenvalue weighted by Gasteiger charge is -2.24. The number of hydrogen-bond acceptors (Lipinski definition) is 5. The van der Waals surface area contributed by atoms with Gasteiger partial charge in [0.15, 0.2) is 0 Å². The van der Waals surface area contributed by atoms with Gasteiger partial charge in [0.25, 0.3) is 0 Å². The summed E-state index contributed by atoms with van der Waals surface area (Å²) in [5.41, 5.74) is 7.95. The van der Waals surface area contributed by atoms with Crippen LogP contribution >= 0.6 is 0 Å². The number of aryl methyl sites for hydroxylation is 1. The van der Waals surface area contributed by atoms with Gasteiger partial charge in [-0.1, -0.05) is 6.07 Å². The Kier molecular flexibility index (Phi) is 5.13. The number of pyridine rings is 1. The first-order valence-corrected chi connectivity index (χ1v) is 6.99. The lowest BCUT2D eigenvalue weighted by molar-refractivity contribution is 0.204. The normalized spacial score (nSPS) is 17.5. The van der Waals surface area contributed by atoms with E-state index < -0.39 is 0 Å². The molecule has 2 rings (SSSR count). The summed E-state index contributed by atoms with van der Waals surface area (Å²) in [6, 6.07) is 4.09. The Morgan fingerprint density at radius 1 is 1.26 bits per heavy atom. The van der Waals surface area contributed by atoms with Gasteiger partial charge in [0.05, 0.1) is 6.61 Å². The molecule has 0 saturated carbocycles. The molecule has 1 saturated heterocycles. The van der Waals surface area contributed by atoms with E-state index in [2.05, 4.69) is 20.9 Å². The van der Waals surface area contributed by atoms with Crippen molar-refractivity contribution >= 4 is 5.82 Å². The van der Waals surface area contributed by atoms with Gasteiger partial charge in [-0.25, -0.2) is 4.98 Å². The number of anilines is 1. The van der Waals surface area contributed by atoms with E-state index in [0.29, 0.717) is 6.54 Å². The average molecular weight is 264 g/mol. The highest BCUT2D eigenvalue weighted by atomic mass is 16.3. The van der Waals surface area contributed by atoms with Crippen LogP contribution in [-0.2, 0) is 6.54 Å². The van der Waals surface area contributed by atoms with Crippen molar-refractivity contribution in [3.8, 4) is 0 Å². The SMILES string of the molecule is Cc1ccc(CN)c(N2CCCN(CCO)CC2)n1. The summed E-state index contributed by atoms with van der Waals surface area (Å²) in [6.07, 6.45) is 1.10. The molecule has 0 amide bonds. The zero-order valence-corrected chi connectivity index (χ0v) is 11.7. The summed E-state index contributed by atoms with van der Waals surface area (Å²) >= 11 is 0. The molecule has 0 aliphatic carbocycles. The van der Waals surface area contributed by atoms with Crippen LogP contribution in [0, 0.1) is 6.92 Å². The third-order valence-electron chi connectivity index (χ3n) is 3.62. The Bertz CT molecular complexity index is 410. The highest BCUT2D eigenvalue weighted by Gasteiger charge is 2.17. The summed E-state index contributed by atoms with van der Waals surface area (Å²) in [7, 11) is 0. The van der Waals surface area contributed by atoms with E-state index in [0.717, 1.165) is 56.2 Å². The molecule has 106 valence electrons. The van der Waals surface area contributed by atoms with E-state index in [1.54, 1.807) is 0 Å². The maximum atomic E-state index is 9.03. The summed E-state index contributed by atoms with van der Waals surface area (Å²) in [6.45, 7) is 7.50. The fraction of sp³-hybridized carbons (Fsp3) is 0.643. The maximum absolute atomic E-state index is 9.03. The zero-order valence-electron chi connectivity index (χ0n) is 11.7. The Morgan fingerprint density at radius 2 is 2.11 bits per heavy atom. The summed E-state index contributed by atoms with van der Waals surface area (Å²) in [4.78, 5) is 9.29. The van der Waals surface area contributed by atoms with Crippen LogP contribution in [0.2, 0.25) is 0 Å². The van der Waals surface area contributed by atoms with Gasteiger partial charge < -0.3 is 15.7 Å². The van der Waals surface area contributed by atoms with Gasteiger partial charge in [-0.3, -0.25) is 4.90 Å². The van der Waals surface area contributed by atoms with E-state index >= 15 is 0 Å². The third-order valence-corrected chi connectivity index (χ3v) is 3.62. The van der Waals surface area contributed by atoms with Crippen LogP contribution in [0.3, 0.4) is 0 Å². The van der Waals surface area contributed by atoms with Gasteiger partial charge in [-0.15, -0.1) is 0 Å². The number of hydrogen-bond donors (Lipinski definition) is 2. The first-order valence-electron chi connectivity index (χ1n) is 6.99. The zero-order chi connectivity index (χ0) is 13.7. The van der Waals surface area contributed by atoms with E-state index in [-0.39, 0.29) is 6.61 Å². The van der Waals surface area contributed by atoms with Crippen molar-refractivity contribution in [1.82, 2.24) is 9.88 Å². The third kappa shape index (κ3) is 3.65. The molecule has 1 aliphatic rings. The van der Waals surface area contributed by atoms with Crippen LogP contribution in [0.5, 0.6) is 0 Å². The van der Waals surface area contributed by atoms with Crippen LogP contribution in [0.1, 0.15) is 17.7 Å². The number of nitrogens with zero attached hydrogens (tertiary/aromatic N) is 3. The topological polar surface area (TPSA) is 65.6 Å². The van der Waals surface area contributed by atoms with Crippen molar-refractivity contribution in [2.75, 3.05) is 44.2 Å². The van der Waals surface area contributed by atoms with Crippen LogP contribution in [0.15, 0.2) is 12.1 Å². The van der Waals surface area contributed by atoms with Crippen LogP contribution in [-0.4, -0.2) is 54.3 Å². The van der Waals surface area contributed by atoms with E-state index in [1.807, 2.05) is 13.0 Å². The lowest BCUT2D eigenvalue weighted by atomic mass is 10.2. The molecule has 5 heteroatoms. The van der Waals surface area contributed by atoms with Gasteiger partial charge in [0, 0.05) is 44.0 Å². The lowest BCUT2D eigenvalue weighted by Crippen LogP contribution is -2.33. The van der Waals surface area contributed by atoms with Gasteiger partial charge in [0.1, 0.15) is 5.82 Å². The van der Waals surface area contributed by atoms with E-state index in [9.17, 15) is 0 Å². The largest absolute Gasteiger partial charge is 0.395 e. The van der Waals surface area contributed by atoms with Crippen molar-refractivity contribution < 1.29 is 5.11 Å². The molecule has 1 aromatic heterocycles. The van der Waals surface area contributed by atoms with Crippen molar-refractivity contribution in [2.45, 2.75) is 19.9 Å². The van der Waals surface area contributed by atoms with Crippen LogP contribution < -0.4 is 10.6 Å². The highest BCUT2D eigenvalue weighted by molar-refractivity contribution is 5.48. The quantitative estimate of drug-likeness (QED) is 0.821. The molecular weight excluding hydrogens is 240 g/mol. The van der Waals surface area contributed by atoms with Crippen molar-refractivity contribution in [2.24, 2.45) is 5.73 Å². The summed E-state index contributed by atoms with van der Waals surface area (Å²) in [5.74, 6) is 1.04. The second-order valence-electron chi connectivity index (χ2n) is 5.05. The monoisotopic (exact) mass is 264 g/mol. The van der Waals surface area contributed by atoms with Gasteiger partial charge in [0.2, 0.25) is 0 Å². The number of aromatic nitrogens is 1. The minimum absolute atomic E-state index is 0.233. The van der Waals surface area contributed by atoms with Crippen molar-refractivity contribution in [3.63, 3.8) is 0 Å². The molecule has 0 aromatic carbocycles. The smallest absolute Gasteiger partial charge is 0.133 e. The van der Waals surface area contributed by atoms with Crippen molar-refractivity contribution in [3.05, 3.63) is 23.4 Å². The van der Waals surface area contributed by atoms with Crippen LogP contribution in [0.25, 0.3) is 0 Å². The predicted octanol–water partition coefficient (Wildman–Crippen LogP) is 0.353. The molecule has 0 spiro atoms. The molecule has 5 nitrogen and oxygen atoms in total. The first kappa shape index (κ1) is 14.2. The first-order chi connectivity index (χ1) is 9.24. The predicted molar refractivity (Wildman–Crippen MR) is 77.2 cm³/mol.